The van der Waals surface area contributed by atoms with Crippen molar-refractivity contribution in [3.05, 3.63) is 140 Å². The van der Waals surface area contributed by atoms with Gasteiger partial charge in [-0.3, -0.25) is 0 Å². The molecule has 1 aliphatic heterocycles. The fourth-order valence-electron chi connectivity index (χ4n) is 6.64. The van der Waals surface area contributed by atoms with Crippen LogP contribution in [0.2, 0.25) is 0 Å². The number of ether oxygens (including phenoxy) is 1. The maximum absolute atomic E-state index is 6.36. The van der Waals surface area contributed by atoms with Crippen molar-refractivity contribution in [2.75, 3.05) is 0 Å². The van der Waals surface area contributed by atoms with E-state index in [0.717, 1.165) is 22.7 Å². The summed E-state index contributed by atoms with van der Waals surface area (Å²) in [6.45, 7) is 0. The highest BCUT2D eigenvalue weighted by Gasteiger charge is 2.22. The van der Waals surface area contributed by atoms with Crippen LogP contribution in [0.15, 0.2) is 140 Å². The van der Waals surface area contributed by atoms with Crippen LogP contribution in [-0.4, -0.2) is 4.57 Å². The monoisotopic (exact) mass is 509 g/mol. The van der Waals surface area contributed by atoms with Crippen LogP contribution >= 0.6 is 0 Å². The molecule has 2 heteroatoms. The lowest BCUT2D eigenvalue weighted by molar-refractivity contribution is 0.487. The minimum absolute atomic E-state index is 0.913. The van der Waals surface area contributed by atoms with Gasteiger partial charge in [0, 0.05) is 27.4 Å². The zero-order valence-corrected chi connectivity index (χ0v) is 21.6. The van der Waals surface area contributed by atoms with Gasteiger partial charge in [-0.25, -0.2) is 0 Å². The van der Waals surface area contributed by atoms with Crippen LogP contribution in [-0.2, 0) is 0 Å². The second-order valence-corrected chi connectivity index (χ2v) is 10.5. The summed E-state index contributed by atoms with van der Waals surface area (Å²) in [5, 5.41) is 7.48. The van der Waals surface area contributed by atoms with Gasteiger partial charge in [-0.15, -0.1) is 0 Å². The summed E-state index contributed by atoms with van der Waals surface area (Å²) in [5.41, 5.74) is 8.36. The van der Waals surface area contributed by atoms with Gasteiger partial charge in [-0.2, -0.15) is 0 Å². The predicted molar refractivity (Wildman–Crippen MR) is 167 cm³/mol. The third kappa shape index (κ3) is 2.93. The van der Waals surface area contributed by atoms with Gasteiger partial charge >= 0.3 is 0 Å². The molecular formula is C38H23NO. The molecule has 0 amide bonds. The van der Waals surface area contributed by atoms with Crippen LogP contribution in [0.25, 0.3) is 71.3 Å². The van der Waals surface area contributed by atoms with Crippen molar-refractivity contribution < 1.29 is 4.74 Å². The van der Waals surface area contributed by atoms with Gasteiger partial charge in [-0.1, -0.05) is 103 Å². The Balaban J connectivity index is 1.36. The normalized spacial score (nSPS) is 12.2. The van der Waals surface area contributed by atoms with Crippen LogP contribution < -0.4 is 4.74 Å². The number of para-hydroxylation sites is 2. The molecule has 0 N–H and O–H groups in total. The standard InChI is InChI=1S/C38H23NO/c1-2-10-26(11-3-1)39-33-21-18-24-9-4-5-12-28(24)37(33)32-19-17-25(23-34(32)39)27-20-22-36-38-30(27)14-8-15-31(38)29-13-6-7-16-35(29)40-36/h1-23H. The maximum Gasteiger partial charge on any atom is 0.135 e. The van der Waals surface area contributed by atoms with Crippen molar-refractivity contribution in [3.8, 4) is 39.4 Å². The second kappa shape index (κ2) is 8.08. The molecule has 0 saturated carbocycles. The molecule has 0 atom stereocenters. The number of fused-ring (bicyclic) bond motifs is 7. The van der Waals surface area contributed by atoms with Crippen LogP contribution in [0, 0.1) is 0 Å². The predicted octanol–water partition coefficient (Wildman–Crippen LogP) is 10.5. The summed E-state index contributed by atoms with van der Waals surface area (Å²) < 4.78 is 8.77. The van der Waals surface area contributed by atoms with E-state index in [4.69, 9.17) is 4.74 Å². The minimum atomic E-state index is 0.913. The third-order valence-corrected chi connectivity index (χ3v) is 8.38. The molecule has 0 radical (unpaired) electrons. The summed E-state index contributed by atoms with van der Waals surface area (Å²) in [7, 11) is 0. The zero-order chi connectivity index (χ0) is 26.2. The number of hydrogen-bond acceptors (Lipinski definition) is 1. The van der Waals surface area contributed by atoms with Gasteiger partial charge in [0.2, 0.25) is 0 Å². The first-order chi connectivity index (χ1) is 19.8. The van der Waals surface area contributed by atoms with Crippen molar-refractivity contribution in [1.29, 1.82) is 0 Å². The van der Waals surface area contributed by atoms with Crippen LogP contribution in [0.4, 0.5) is 0 Å². The van der Waals surface area contributed by atoms with E-state index in [2.05, 4.69) is 132 Å². The molecule has 1 aliphatic rings. The molecule has 1 aromatic heterocycles. The van der Waals surface area contributed by atoms with Gasteiger partial charge < -0.3 is 9.30 Å². The molecule has 40 heavy (non-hydrogen) atoms. The quantitative estimate of drug-likeness (QED) is 0.226. The summed E-state index contributed by atoms with van der Waals surface area (Å²) in [6.07, 6.45) is 0. The van der Waals surface area contributed by atoms with Gasteiger partial charge in [0.05, 0.1) is 11.0 Å². The van der Waals surface area contributed by atoms with E-state index in [0.29, 0.717) is 0 Å². The Morgan fingerprint density at radius 3 is 2.17 bits per heavy atom. The number of hydrogen-bond donors (Lipinski definition) is 0. The van der Waals surface area contributed by atoms with Crippen LogP contribution in [0.1, 0.15) is 0 Å². The molecule has 0 spiro atoms. The summed E-state index contributed by atoms with van der Waals surface area (Å²) in [4.78, 5) is 0. The van der Waals surface area contributed by atoms with Crippen LogP contribution in [0.3, 0.4) is 0 Å². The van der Waals surface area contributed by atoms with Gasteiger partial charge in [-0.05, 0) is 69.2 Å². The highest BCUT2D eigenvalue weighted by molar-refractivity contribution is 6.22. The molecular weight excluding hydrogens is 486 g/mol. The fourth-order valence-corrected chi connectivity index (χ4v) is 6.64. The molecule has 0 bridgehead atoms. The second-order valence-electron chi connectivity index (χ2n) is 10.5. The zero-order valence-electron chi connectivity index (χ0n) is 21.6. The third-order valence-electron chi connectivity index (χ3n) is 8.38. The Hall–Kier alpha value is -5.34. The number of benzene rings is 7. The molecule has 0 fully saturated rings. The molecule has 7 aromatic carbocycles. The number of rotatable bonds is 2. The first-order valence-corrected chi connectivity index (χ1v) is 13.7. The molecule has 2 nitrogen and oxygen atoms in total. The lowest BCUT2D eigenvalue weighted by atomic mass is 9.90. The van der Waals surface area contributed by atoms with E-state index in [1.54, 1.807) is 0 Å². The average Bonchev–Trinajstić information content (AvgIpc) is 3.36. The molecule has 0 unspecified atom stereocenters. The molecule has 0 saturated heterocycles. The van der Waals surface area contributed by atoms with E-state index >= 15 is 0 Å². The van der Waals surface area contributed by atoms with E-state index in [1.165, 1.54) is 60.0 Å². The molecule has 8 aromatic rings. The van der Waals surface area contributed by atoms with E-state index in [-0.39, 0.29) is 0 Å². The first-order valence-electron chi connectivity index (χ1n) is 13.7. The smallest absolute Gasteiger partial charge is 0.135 e. The molecule has 0 aliphatic carbocycles. The average molecular weight is 510 g/mol. The Morgan fingerprint density at radius 2 is 1.23 bits per heavy atom. The van der Waals surface area contributed by atoms with Crippen molar-refractivity contribution in [2.45, 2.75) is 0 Å². The van der Waals surface area contributed by atoms with Gasteiger partial charge in [0.1, 0.15) is 11.5 Å². The van der Waals surface area contributed by atoms with Crippen molar-refractivity contribution >= 4 is 43.4 Å². The van der Waals surface area contributed by atoms with E-state index in [1.807, 2.05) is 12.1 Å². The Labute approximate surface area is 231 Å². The van der Waals surface area contributed by atoms with Crippen molar-refractivity contribution in [3.63, 3.8) is 0 Å². The Kier molecular flexibility index (Phi) is 4.36. The van der Waals surface area contributed by atoms with Crippen LogP contribution in [0.5, 0.6) is 11.5 Å². The first kappa shape index (κ1) is 21.6. The SMILES string of the molecule is c1ccc(-n2c3cc(-c4ccc5c6c(cccc46)-c4ccccc4O5)ccc3c3c4ccccc4ccc32)cc1. The van der Waals surface area contributed by atoms with E-state index in [9.17, 15) is 0 Å². The van der Waals surface area contributed by atoms with Crippen molar-refractivity contribution in [2.24, 2.45) is 0 Å². The highest BCUT2D eigenvalue weighted by Crippen LogP contribution is 2.49. The Morgan fingerprint density at radius 1 is 0.425 bits per heavy atom. The summed E-state index contributed by atoms with van der Waals surface area (Å²) >= 11 is 0. The number of aromatic nitrogens is 1. The fraction of sp³-hybridized carbons (Fsp3) is 0. The molecule has 186 valence electrons. The number of nitrogens with zero attached hydrogens (tertiary/aromatic N) is 1. The lowest BCUT2D eigenvalue weighted by Crippen LogP contribution is -1.97. The van der Waals surface area contributed by atoms with Gasteiger partial charge in [0.25, 0.3) is 0 Å². The molecule has 2 heterocycles. The summed E-state index contributed by atoms with van der Waals surface area (Å²) in [6, 6.07) is 50.1. The topological polar surface area (TPSA) is 14.2 Å². The van der Waals surface area contributed by atoms with Gasteiger partial charge in [0.15, 0.2) is 0 Å². The highest BCUT2D eigenvalue weighted by atomic mass is 16.5. The summed E-state index contributed by atoms with van der Waals surface area (Å²) in [5.74, 6) is 1.83. The largest absolute Gasteiger partial charge is 0.456 e. The lowest BCUT2D eigenvalue weighted by Gasteiger charge is -2.22. The Bertz CT molecular complexity index is 2290. The molecule has 9 rings (SSSR count). The minimum Gasteiger partial charge on any atom is -0.456 e. The maximum atomic E-state index is 6.36. The van der Waals surface area contributed by atoms with Crippen molar-refractivity contribution in [1.82, 2.24) is 4.57 Å². The van der Waals surface area contributed by atoms with E-state index < -0.39 is 0 Å².